The van der Waals surface area contributed by atoms with Gasteiger partial charge in [-0.05, 0) is 19.3 Å². The number of hydrogen-bond donors (Lipinski definition) is 1. The van der Waals surface area contributed by atoms with E-state index in [1.165, 1.54) is 129 Å². The van der Waals surface area contributed by atoms with Crippen LogP contribution in [-0.2, 0) is 14.6 Å². The minimum atomic E-state index is -4.24. The molecule has 0 amide bonds. The van der Waals surface area contributed by atoms with Crippen molar-refractivity contribution in [2.24, 2.45) is 0 Å². The van der Waals surface area contributed by atoms with Crippen LogP contribution in [0.5, 0.6) is 0 Å². The maximum Gasteiger partial charge on any atom is 0.397 e. The van der Waals surface area contributed by atoms with Crippen LogP contribution < -0.4 is 0 Å². The molecular weight excluding hydrogens is 458 g/mol. The summed E-state index contributed by atoms with van der Waals surface area (Å²) in [7, 11) is 2.59. The van der Waals surface area contributed by atoms with Crippen molar-refractivity contribution in [2.45, 2.75) is 155 Å². The third kappa shape index (κ3) is 41.2. The molecule has 35 heavy (non-hydrogen) atoms. The standard InChI is InChI=1S/C16H34O4S.C13H30N/c1-2-3-4-5-6-7-8-9-10-11-12-13-14-15-16-20-21(17,18)19;1-5-6-7-8-9-10-11-12-13-14(2,3)4/h2-16H2,1H3,(H,17,18,19);5-13H2,1-4H3/q;+1. The third-order valence-corrected chi connectivity index (χ3v) is 6.88. The molecule has 0 rings (SSSR count). The molecular formula is C29H64NO4S+. The number of quaternary nitrogens is 1. The Morgan fingerprint density at radius 1 is 0.514 bits per heavy atom. The van der Waals surface area contributed by atoms with Crippen LogP contribution >= 0.6 is 0 Å². The van der Waals surface area contributed by atoms with Gasteiger partial charge in [0.1, 0.15) is 0 Å². The zero-order chi connectivity index (χ0) is 26.7. The highest BCUT2D eigenvalue weighted by Gasteiger charge is 2.05. The normalized spacial score (nSPS) is 11.9. The van der Waals surface area contributed by atoms with Gasteiger partial charge in [0, 0.05) is 0 Å². The van der Waals surface area contributed by atoms with E-state index in [2.05, 4.69) is 39.2 Å². The minimum absolute atomic E-state index is 0.0941. The second-order valence-corrected chi connectivity index (χ2v) is 12.4. The van der Waals surface area contributed by atoms with Gasteiger partial charge in [-0.2, -0.15) is 8.42 Å². The van der Waals surface area contributed by atoms with Crippen LogP contribution in [-0.4, -0.2) is 51.7 Å². The van der Waals surface area contributed by atoms with E-state index in [9.17, 15) is 8.42 Å². The summed E-state index contributed by atoms with van der Waals surface area (Å²) >= 11 is 0. The third-order valence-electron chi connectivity index (χ3n) is 6.41. The second-order valence-electron chi connectivity index (χ2n) is 11.3. The smallest absolute Gasteiger partial charge is 0.331 e. The predicted molar refractivity (Wildman–Crippen MR) is 153 cm³/mol. The van der Waals surface area contributed by atoms with Crippen molar-refractivity contribution in [1.29, 1.82) is 0 Å². The van der Waals surface area contributed by atoms with E-state index in [1.54, 1.807) is 0 Å². The monoisotopic (exact) mass is 522 g/mol. The molecule has 6 heteroatoms. The number of nitrogens with zero attached hydrogens (tertiary/aromatic N) is 1. The minimum Gasteiger partial charge on any atom is -0.331 e. The average molecular weight is 523 g/mol. The molecule has 0 aliphatic carbocycles. The van der Waals surface area contributed by atoms with E-state index < -0.39 is 10.4 Å². The van der Waals surface area contributed by atoms with Gasteiger partial charge in [0.15, 0.2) is 0 Å². The second kappa shape index (κ2) is 26.9. The van der Waals surface area contributed by atoms with Crippen LogP contribution in [0, 0.1) is 0 Å². The van der Waals surface area contributed by atoms with Gasteiger partial charge in [-0.1, -0.05) is 136 Å². The zero-order valence-corrected chi connectivity index (χ0v) is 25.3. The van der Waals surface area contributed by atoms with Crippen molar-refractivity contribution in [3.05, 3.63) is 0 Å². The van der Waals surface area contributed by atoms with Gasteiger partial charge in [-0.3, -0.25) is 4.55 Å². The number of hydrogen-bond acceptors (Lipinski definition) is 3. The highest BCUT2D eigenvalue weighted by molar-refractivity contribution is 7.80. The molecule has 0 bridgehead atoms. The first-order valence-electron chi connectivity index (χ1n) is 15.0. The van der Waals surface area contributed by atoms with Gasteiger partial charge in [0.25, 0.3) is 0 Å². The molecule has 0 aliphatic rings. The molecule has 214 valence electrons. The highest BCUT2D eigenvalue weighted by atomic mass is 32.3. The molecule has 0 aromatic rings. The van der Waals surface area contributed by atoms with Crippen molar-refractivity contribution in [2.75, 3.05) is 34.3 Å². The molecule has 0 radical (unpaired) electrons. The summed E-state index contributed by atoms with van der Waals surface area (Å²) in [6, 6.07) is 0. The number of rotatable bonds is 25. The van der Waals surface area contributed by atoms with E-state index in [0.29, 0.717) is 6.42 Å². The predicted octanol–water partition coefficient (Wildman–Crippen LogP) is 9.12. The Labute approximate surface area is 221 Å². The number of unbranched alkanes of at least 4 members (excludes halogenated alkanes) is 20. The summed E-state index contributed by atoms with van der Waals surface area (Å²) in [5.41, 5.74) is 0. The van der Waals surface area contributed by atoms with Crippen molar-refractivity contribution < 1.29 is 21.6 Å². The van der Waals surface area contributed by atoms with E-state index in [1.807, 2.05) is 0 Å². The highest BCUT2D eigenvalue weighted by Crippen LogP contribution is 2.13. The molecule has 0 saturated heterocycles. The molecule has 0 aromatic carbocycles. The van der Waals surface area contributed by atoms with Crippen LogP contribution in [0.25, 0.3) is 0 Å². The SMILES string of the molecule is CCCCCCCCCCCCCCCCOS(=O)(=O)O.CCCCCCCCCC[N+](C)(C)C. The van der Waals surface area contributed by atoms with Gasteiger partial charge in [-0.25, -0.2) is 4.18 Å². The Kier molecular flexibility index (Phi) is 28.4. The topological polar surface area (TPSA) is 63.6 Å². The van der Waals surface area contributed by atoms with Gasteiger partial charge in [-0.15, -0.1) is 0 Å². The van der Waals surface area contributed by atoms with Crippen molar-refractivity contribution in [3.8, 4) is 0 Å². The first-order chi connectivity index (χ1) is 16.6. The lowest BCUT2D eigenvalue weighted by Crippen LogP contribution is -2.35. The molecule has 0 fully saturated rings. The van der Waals surface area contributed by atoms with Gasteiger partial charge >= 0.3 is 10.4 Å². The summed E-state index contributed by atoms with van der Waals surface area (Å²) in [6.45, 7) is 5.95. The molecule has 0 spiro atoms. The molecule has 0 unspecified atom stereocenters. The Morgan fingerprint density at radius 3 is 1.09 bits per heavy atom. The van der Waals surface area contributed by atoms with E-state index in [-0.39, 0.29) is 6.61 Å². The van der Waals surface area contributed by atoms with Gasteiger partial charge in [0.2, 0.25) is 0 Å². The van der Waals surface area contributed by atoms with E-state index >= 15 is 0 Å². The summed E-state index contributed by atoms with van der Waals surface area (Å²) in [4.78, 5) is 0. The lowest BCUT2D eigenvalue weighted by atomic mass is 10.0. The van der Waals surface area contributed by atoms with Crippen LogP contribution in [0.1, 0.15) is 155 Å². The average Bonchev–Trinajstić information content (AvgIpc) is 2.77. The zero-order valence-electron chi connectivity index (χ0n) is 24.5. The molecule has 0 saturated carbocycles. The van der Waals surface area contributed by atoms with Crippen LogP contribution in [0.4, 0.5) is 0 Å². The lowest BCUT2D eigenvalue weighted by Gasteiger charge is -2.23. The fraction of sp³-hybridized carbons (Fsp3) is 1.00. The van der Waals surface area contributed by atoms with Crippen LogP contribution in [0.15, 0.2) is 0 Å². The fourth-order valence-electron chi connectivity index (χ4n) is 4.18. The first kappa shape index (κ1) is 37.0. The fourth-order valence-corrected chi connectivity index (χ4v) is 4.51. The quantitative estimate of drug-likeness (QED) is 0.0737. The summed E-state index contributed by atoms with van der Waals surface area (Å²) < 4.78 is 34.4. The van der Waals surface area contributed by atoms with Gasteiger partial charge in [0.05, 0.1) is 34.3 Å². The van der Waals surface area contributed by atoms with Crippen molar-refractivity contribution >= 4 is 10.4 Å². The molecule has 0 heterocycles. The van der Waals surface area contributed by atoms with Crippen molar-refractivity contribution in [3.63, 3.8) is 0 Å². The van der Waals surface area contributed by atoms with Gasteiger partial charge < -0.3 is 4.48 Å². The largest absolute Gasteiger partial charge is 0.397 e. The lowest BCUT2D eigenvalue weighted by molar-refractivity contribution is -0.870. The van der Waals surface area contributed by atoms with E-state index in [0.717, 1.165) is 17.3 Å². The summed E-state index contributed by atoms with van der Waals surface area (Å²) in [5.74, 6) is 0. The Bertz CT molecular complexity index is 503. The Balaban J connectivity index is 0. The Hall–Kier alpha value is -0.170. The molecule has 0 aliphatic heterocycles. The summed E-state index contributed by atoms with van der Waals surface area (Å²) in [6.07, 6.45) is 29.0. The van der Waals surface area contributed by atoms with Crippen molar-refractivity contribution in [1.82, 2.24) is 0 Å². The molecule has 1 N–H and O–H groups in total. The molecule has 5 nitrogen and oxygen atoms in total. The summed E-state index contributed by atoms with van der Waals surface area (Å²) in [5, 5.41) is 0. The van der Waals surface area contributed by atoms with Crippen LogP contribution in [0.3, 0.4) is 0 Å². The van der Waals surface area contributed by atoms with E-state index in [4.69, 9.17) is 4.55 Å². The maximum absolute atomic E-state index is 10.3. The molecule has 0 atom stereocenters. The maximum atomic E-state index is 10.3. The first-order valence-corrected chi connectivity index (χ1v) is 16.4. The van der Waals surface area contributed by atoms with Crippen LogP contribution in [0.2, 0.25) is 0 Å². The molecule has 0 aromatic heterocycles. The Morgan fingerprint density at radius 2 is 0.800 bits per heavy atom.